The third-order valence-corrected chi connectivity index (χ3v) is 3.29. The van der Waals surface area contributed by atoms with Crippen molar-refractivity contribution in [2.24, 2.45) is 0 Å². The zero-order valence-corrected chi connectivity index (χ0v) is 11.5. The van der Waals surface area contributed by atoms with Crippen molar-refractivity contribution in [3.8, 4) is 0 Å². The van der Waals surface area contributed by atoms with Gasteiger partial charge in [0.15, 0.2) is 0 Å². The molecule has 1 aromatic carbocycles. The van der Waals surface area contributed by atoms with E-state index in [4.69, 9.17) is 11.6 Å². The first-order chi connectivity index (χ1) is 7.29. The summed E-state index contributed by atoms with van der Waals surface area (Å²) in [7, 11) is 0. The van der Waals surface area contributed by atoms with E-state index in [9.17, 15) is 4.39 Å². The van der Waals surface area contributed by atoms with Crippen LogP contribution in [0.2, 0.25) is 5.02 Å². The molecule has 0 amide bonds. The van der Waals surface area contributed by atoms with Gasteiger partial charge in [0.05, 0.1) is 0 Å². The summed E-state index contributed by atoms with van der Waals surface area (Å²) in [4.78, 5) is 0. The van der Waals surface area contributed by atoms with Crippen LogP contribution in [-0.4, -0.2) is 4.75 Å². The fourth-order valence-corrected chi connectivity index (χ4v) is 2.00. The molecule has 1 N–H and O–H groups in total. The molecule has 0 saturated heterocycles. The number of halogens is 2. The molecule has 90 valence electrons. The highest BCUT2D eigenvalue weighted by Gasteiger charge is 2.15. The van der Waals surface area contributed by atoms with Crippen LogP contribution in [0.15, 0.2) is 18.2 Å². The fourth-order valence-electron chi connectivity index (χ4n) is 1.18. The molecule has 0 radical (unpaired) electrons. The minimum Gasteiger partial charge on any atom is -0.256 e. The molecule has 0 spiro atoms. The van der Waals surface area contributed by atoms with E-state index in [1.165, 1.54) is 6.07 Å². The van der Waals surface area contributed by atoms with Crippen molar-refractivity contribution in [3.63, 3.8) is 0 Å². The van der Waals surface area contributed by atoms with Crippen molar-refractivity contribution in [1.29, 1.82) is 0 Å². The largest absolute Gasteiger partial charge is 0.256 e. The van der Waals surface area contributed by atoms with Crippen LogP contribution in [0.4, 0.5) is 4.39 Å². The van der Waals surface area contributed by atoms with E-state index in [1.54, 1.807) is 24.1 Å². The normalized spacial score (nSPS) is 13.9. The van der Waals surface area contributed by atoms with Crippen LogP contribution in [0.25, 0.3) is 0 Å². The Morgan fingerprint density at radius 1 is 1.38 bits per heavy atom. The smallest absolute Gasteiger partial charge is 0.129 e. The van der Waals surface area contributed by atoms with Crippen molar-refractivity contribution >= 4 is 23.5 Å². The first kappa shape index (κ1) is 13.8. The van der Waals surface area contributed by atoms with Crippen LogP contribution in [0.1, 0.15) is 39.3 Å². The first-order valence-corrected chi connectivity index (χ1v) is 6.37. The minimum atomic E-state index is -0.262. The van der Waals surface area contributed by atoms with E-state index in [2.05, 4.69) is 25.5 Å². The molecule has 1 rings (SSSR count). The van der Waals surface area contributed by atoms with Gasteiger partial charge in [0.2, 0.25) is 0 Å². The van der Waals surface area contributed by atoms with Crippen molar-refractivity contribution < 1.29 is 4.39 Å². The minimum absolute atomic E-state index is 0.0403. The maximum atomic E-state index is 13.6. The molecule has 0 aliphatic rings. The Bertz CT molecular complexity index is 363. The highest BCUT2D eigenvalue weighted by atomic mass is 35.5. The van der Waals surface area contributed by atoms with Gasteiger partial charge in [-0.05, 0) is 39.8 Å². The molecule has 4 heteroatoms. The second kappa shape index (κ2) is 5.39. The van der Waals surface area contributed by atoms with E-state index in [0.717, 1.165) is 0 Å². The van der Waals surface area contributed by atoms with Gasteiger partial charge in [0, 0.05) is 21.4 Å². The maximum Gasteiger partial charge on any atom is 0.129 e. The standard InChI is InChI=1S/C12H17ClFNS/c1-8(15-16-12(2,3)4)10-6-5-9(13)7-11(10)14/h5-8,15H,1-4H3/t8-/m1/s1. The van der Waals surface area contributed by atoms with Crippen LogP contribution in [0, 0.1) is 5.82 Å². The molecular weight excluding hydrogens is 245 g/mol. The number of hydrogen-bond donors (Lipinski definition) is 1. The summed E-state index contributed by atoms with van der Waals surface area (Å²) in [6.07, 6.45) is 0. The predicted molar refractivity (Wildman–Crippen MR) is 70.3 cm³/mol. The van der Waals surface area contributed by atoms with E-state index in [1.807, 2.05) is 6.92 Å². The fraction of sp³-hybridized carbons (Fsp3) is 0.500. The summed E-state index contributed by atoms with van der Waals surface area (Å²) >= 11 is 7.31. The van der Waals surface area contributed by atoms with Crippen LogP contribution in [-0.2, 0) is 0 Å². The summed E-state index contributed by atoms with van der Waals surface area (Å²) in [6.45, 7) is 8.26. The highest BCUT2D eigenvalue weighted by molar-refractivity contribution is 7.98. The molecule has 0 aliphatic carbocycles. The van der Waals surface area contributed by atoms with Crippen molar-refractivity contribution in [2.45, 2.75) is 38.5 Å². The number of nitrogens with one attached hydrogen (secondary N) is 1. The Morgan fingerprint density at radius 3 is 2.50 bits per heavy atom. The van der Waals surface area contributed by atoms with Crippen LogP contribution >= 0.6 is 23.5 Å². The van der Waals surface area contributed by atoms with E-state index in [0.29, 0.717) is 10.6 Å². The van der Waals surface area contributed by atoms with Gasteiger partial charge in [-0.15, -0.1) is 0 Å². The van der Waals surface area contributed by atoms with Gasteiger partial charge in [0.1, 0.15) is 5.82 Å². The summed E-state index contributed by atoms with van der Waals surface area (Å²) < 4.78 is 16.9. The highest BCUT2D eigenvalue weighted by Crippen LogP contribution is 2.26. The molecule has 1 atom stereocenters. The molecule has 0 aliphatic heterocycles. The van der Waals surface area contributed by atoms with E-state index < -0.39 is 0 Å². The molecule has 16 heavy (non-hydrogen) atoms. The lowest BCUT2D eigenvalue weighted by atomic mass is 10.1. The SMILES string of the molecule is C[C@@H](NSC(C)(C)C)c1ccc(Cl)cc1F. The van der Waals surface area contributed by atoms with Crippen molar-refractivity contribution in [3.05, 3.63) is 34.6 Å². The number of hydrogen-bond acceptors (Lipinski definition) is 2. The molecule has 0 saturated carbocycles. The van der Waals surface area contributed by atoms with Crippen LogP contribution in [0.3, 0.4) is 0 Å². The van der Waals surface area contributed by atoms with Gasteiger partial charge in [-0.2, -0.15) is 0 Å². The third kappa shape index (κ3) is 4.32. The van der Waals surface area contributed by atoms with Crippen LogP contribution in [0.5, 0.6) is 0 Å². The van der Waals surface area contributed by atoms with Gasteiger partial charge < -0.3 is 0 Å². The van der Waals surface area contributed by atoms with Crippen molar-refractivity contribution in [1.82, 2.24) is 4.72 Å². The number of rotatable bonds is 3. The van der Waals surface area contributed by atoms with Gasteiger partial charge in [-0.25, -0.2) is 4.39 Å². The molecule has 1 nitrogen and oxygen atoms in total. The molecular formula is C12H17ClFNS. The maximum absolute atomic E-state index is 13.6. The van der Waals surface area contributed by atoms with Gasteiger partial charge in [-0.1, -0.05) is 29.6 Å². The van der Waals surface area contributed by atoms with Gasteiger partial charge in [-0.3, -0.25) is 4.72 Å². The zero-order valence-electron chi connectivity index (χ0n) is 9.97. The third-order valence-electron chi connectivity index (χ3n) is 1.97. The van der Waals surface area contributed by atoms with Crippen LogP contribution < -0.4 is 4.72 Å². The molecule has 0 heterocycles. The quantitative estimate of drug-likeness (QED) is 0.800. The van der Waals surface area contributed by atoms with E-state index >= 15 is 0 Å². The second-order valence-corrected chi connectivity index (χ2v) is 6.82. The molecule has 0 unspecified atom stereocenters. The summed E-state index contributed by atoms with van der Waals surface area (Å²) in [5.41, 5.74) is 0.640. The zero-order chi connectivity index (χ0) is 12.3. The lowest BCUT2D eigenvalue weighted by Gasteiger charge is -2.22. The topological polar surface area (TPSA) is 12.0 Å². The monoisotopic (exact) mass is 261 g/mol. The molecule has 0 fully saturated rings. The van der Waals surface area contributed by atoms with Gasteiger partial charge >= 0.3 is 0 Å². The number of benzene rings is 1. The van der Waals surface area contributed by atoms with Crippen molar-refractivity contribution in [2.75, 3.05) is 0 Å². The summed E-state index contributed by atoms with van der Waals surface area (Å²) in [5, 5.41) is 0.428. The first-order valence-electron chi connectivity index (χ1n) is 5.18. The van der Waals surface area contributed by atoms with Gasteiger partial charge in [0.25, 0.3) is 0 Å². The molecule has 1 aromatic rings. The average Bonchev–Trinajstić information content (AvgIpc) is 2.13. The second-order valence-electron chi connectivity index (χ2n) is 4.72. The Labute approximate surface area is 106 Å². The average molecular weight is 262 g/mol. The Morgan fingerprint density at radius 2 is 2.00 bits per heavy atom. The Balaban J connectivity index is 2.70. The Hall–Kier alpha value is -0.250. The predicted octanol–water partition coefficient (Wildman–Crippen LogP) is 4.58. The van der Waals surface area contributed by atoms with E-state index in [-0.39, 0.29) is 16.6 Å². The molecule has 0 aromatic heterocycles. The summed E-state index contributed by atoms with van der Waals surface area (Å²) in [5.74, 6) is -0.262. The molecule has 0 bridgehead atoms. The lowest BCUT2D eigenvalue weighted by molar-refractivity contribution is 0.584. The Kier molecular flexibility index (Phi) is 4.65. The lowest BCUT2D eigenvalue weighted by Crippen LogP contribution is -2.20. The summed E-state index contributed by atoms with van der Waals surface area (Å²) in [6, 6.07) is 4.73.